The van der Waals surface area contributed by atoms with E-state index >= 15 is 0 Å². The van der Waals surface area contributed by atoms with E-state index in [9.17, 15) is 17.9 Å². The lowest BCUT2D eigenvalue weighted by Gasteiger charge is -2.17. The van der Waals surface area contributed by atoms with E-state index in [2.05, 4.69) is 15.0 Å². The zero-order valence-electron chi connectivity index (χ0n) is 16.3. The number of benzene rings is 2. The van der Waals surface area contributed by atoms with Crippen molar-refractivity contribution >= 4 is 20.8 Å². The second-order valence-electron chi connectivity index (χ2n) is 7.09. The van der Waals surface area contributed by atoms with Gasteiger partial charge in [0, 0.05) is 36.9 Å². The number of pyridine rings is 1. The monoisotopic (exact) mass is 417 g/mol. The molecule has 3 rings (SSSR count). The van der Waals surface area contributed by atoms with Crippen LogP contribution in [0, 0.1) is 12.7 Å². The molecule has 0 aliphatic carbocycles. The van der Waals surface area contributed by atoms with Crippen molar-refractivity contribution in [3.63, 3.8) is 0 Å². The molecule has 0 bridgehead atoms. The van der Waals surface area contributed by atoms with Crippen molar-refractivity contribution in [2.24, 2.45) is 0 Å². The smallest absolute Gasteiger partial charge is 0.240 e. The Morgan fingerprint density at radius 1 is 1.10 bits per heavy atom. The van der Waals surface area contributed by atoms with Gasteiger partial charge in [0.15, 0.2) is 0 Å². The average molecular weight is 418 g/mol. The lowest BCUT2D eigenvalue weighted by Crippen LogP contribution is -2.40. The van der Waals surface area contributed by atoms with Gasteiger partial charge in [0.05, 0.1) is 11.0 Å². The third-order valence-electron chi connectivity index (χ3n) is 4.64. The van der Waals surface area contributed by atoms with E-state index in [1.807, 2.05) is 6.92 Å². The minimum atomic E-state index is -3.69. The van der Waals surface area contributed by atoms with E-state index in [4.69, 9.17) is 0 Å². The van der Waals surface area contributed by atoms with Crippen molar-refractivity contribution in [3.05, 3.63) is 71.8 Å². The second kappa shape index (κ2) is 8.96. The third-order valence-corrected chi connectivity index (χ3v) is 6.23. The van der Waals surface area contributed by atoms with Crippen LogP contribution in [0.5, 0.6) is 0 Å². The SMILES string of the molecule is Cc1cncc2ccc(S(=O)(=O)N[C@H](C)CNCC(O)c3ccc(F)cc3)cc12. The molecule has 0 saturated carbocycles. The maximum Gasteiger partial charge on any atom is 0.240 e. The third kappa shape index (κ3) is 5.36. The maximum absolute atomic E-state index is 12.9. The minimum absolute atomic E-state index is 0.192. The zero-order valence-corrected chi connectivity index (χ0v) is 17.1. The molecule has 6 nitrogen and oxygen atoms in total. The Morgan fingerprint density at radius 2 is 1.83 bits per heavy atom. The van der Waals surface area contributed by atoms with Crippen molar-refractivity contribution in [1.82, 2.24) is 15.0 Å². The first-order valence-corrected chi connectivity index (χ1v) is 10.8. The number of nitrogens with one attached hydrogen (secondary N) is 2. The standard InChI is InChI=1S/C21H24FN3O3S/c1-14-10-23-12-17-5-8-19(9-20(14)17)29(27,28)25-15(2)11-24-13-21(26)16-3-6-18(22)7-4-16/h3-10,12,15,21,24-26H,11,13H2,1-2H3/t15-,21?/m1/s1. The number of fused-ring (bicyclic) bond motifs is 1. The van der Waals surface area contributed by atoms with Gasteiger partial charge >= 0.3 is 0 Å². The molecule has 1 heterocycles. The summed E-state index contributed by atoms with van der Waals surface area (Å²) in [6.07, 6.45) is 2.59. The van der Waals surface area contributed by atoms with Gasteiger partial charge in [-0.3, -0.25) is 4.98 Å². The molecule has 0 saturated heterocycles. The van der Waals surface area contributed by atoms with Crippen LogP contribution in [-0.4, -0.2) is 37.6 Å². The molecule has 1 unspecified atom stereocenters. The van der Waals surface area contributed by atoms with Gasteiger partial charge in [0.25, 0.3) is 0 Å². The molecule has 1 aromatic heterocycles. The molecule has 8 heteroatoms. The lowest BCUT2D eigenvalue weighted by atomic mass is 10.1. The molecule has 29 heavy (non-hydrogen) atoms. The zero-order chi connectivity index (χ0) is 21.0. The molecular weight excluding hydrogens is 393 g/mol. The van der Waals surface area contributed by atoms with Crippen LogP contribution < -0.4 is 10.0 Å². The Kier molecular flexibility index (Phi) is 6.59. The first kappa shape index (κ1) is 21.3. The number of aliphatic hydroxyl groups is 1. The fourth-order valence-corrected chi connectivity index (χ4v) is 4.34. The molecule has 2 atom stereocenters. The molecule has 0 amide bonds. The number of sulfonamides is 1. The molecule has 0 aliphatic rings. The molecule has 3 N–H and O–H groups in total. The average Bonchev–Trinajstić information content (AvgIpc) is 2.68. The quantitative estimate of drug-likeness (QED) is 0.524. The Bertz CT molecular complexity index is 1090. The van der Waals surface area contributed by atoms with Crippen molar-refractivity contribution in [2.45, 2.75) is 30.9 Å². The molecule has 0 fully saturated rings. The van der Waals surface area contributed by atoms with Crippen molar-refractivity contribution in [3.8, 4) is 0 Å². The summed E-state index contributed by atoms with van der Waals surface area (Å²) in [7, 11) is -3.69. The van der Waals surface area contributed by atoms with E-state index in [1.165, 1.54) is 24.3 Å². The molecule has 154 valence electrons. The summed E-state index contributed by atoms with van der Waals surface area (Å²) in [4.78, 5) is 4.31. The molecule has 3 aromatic rings. The highest BCUT2D eigenvalue weighted by atomic mass is 32.2. The number of halogens is 1. The normalized spacial score (nSPS) is 14.1. The summed E-state index contributed by atoms with van der Waals surface area (Å²) in [5.74, 6) is -0.364. The highest BCUT2D eigenvalue weighted by Gasteiger charge is 2.18. The molecule has 0 spiro atoms. The maximum atomic E-state index is 12.9. The van der Waals surface area contributed by atoms with Crippen LogP contribution in [-0.2, 0) is 10.0 Å². The first-order valence-electron chi connectivity index (χ1n) is 9.27. The summed E-state index contributed by atoms with van der Waals surface area (Å²) in [6, 6.07) is 10.2. The minimum Gasteiger partial charge on any atom is -0.387 e. The highest BCUT2D eigenvalue weighted by Crippen LogP contribution is 2.21. The van der Waals surface area contributed by atoms with Gasteiger partial charge in [0.2, 0.25) is 10.0 Å². The Morgan fingerprint density at radius 3 is 2.55 bits per heavy atom. The van der Waals surface area contributed by atoms with Crippen molar-refractivity contribution < 1.29 is 17.9 Å². The fourth-order valence-electron chi connectivity index (χ4n) is 3.07. The molecule has 0 aliphatic heterocycles. The summed E-state index contributed by atoms with van der Waals surface area (Å²) in [5.41, 5.74) is 1.50. The van der Waals surface area contributed by atoms with Gasteiger partial charge in [0.1, 0.15) is 5.82 Å². The number of rotatable bonds is 8. The number of aryl methyl sites for hydroxylation is 1. The van der Waals surface area contributed by atoms with Crippen LogP contribution in [0.2, 0.25) is 0 Å². The summed E-state index contributed by atoms with van der Waals surface area (Å²) in [5, 5.41) is 14.9. The second-order valence-corrected chi connectivity index (χ2v) is 8.80. The predicted molar refractivity (Wildman–Crippen MR) is 110 cm³/mol. The van der Waals surface area contributed by atoms with E-state index in [-0.39, 0.29) is 17.3 Å². The number of hydrogen-bond donors (Lipinski definition) is 3. The van der Waals surface area contributed by atoms with Gasteiger partial charge < -0.3 is 10.4 Å². The largest absolute Gasteiger partial charge is 0.387 e. The van der Waals surface area contributed by atoms with Crippen LogP contribution in [0.1, 0.15) is 24.2 Å². The lowest BCUT2D eigenvalue weighted by molar-refractivity contribution is 0.174. The fraction of sp³-hybridized carbons (Fsp3) is 0.286. The predicted octanol–water partition coefficient (Wildman–Crippen LogP) is 2.67. The number of nitrogens with zero attached hydrogens (tertiary/aromatic N) is 1. The van der Waals surface area contributed by atoms with Gasteiger partial charge in [-0.15, -0.1) is 0 Å². The van der Waals surface area contributed by atoms with Crippen molar-refractivity contribution in [2.75, 3.05) is 13.1 Å². The van der Waals surface area contributed by atoms with Gasteiger partial charge in [-0.1, -0.05) is 18.2 Å². The Hall–Kier alpha value is -2.39. The molecule has 2 aromatic carbocycles. The van der Waals surface area contributed by atoms with Gasteiger partial charge in [-0.05, 0) is 54.6 Å². The summed E-state index contributed by atoms with van der Waals surface area (Å²) < 4.78 is 41.0. The van der Waals surface area contributed by atoms with Crippen LogP contribution in [0.25, 0.3) is 10.8 Å². The summed E-state index contributed by atoms with van der Waals surface area (Å²) >= 11 is 0. The Balaban J connectivity index is 1.58. The van der Waals surface area contributed by atoms with E-state index in [0.717, 1.165) is 16.3 Å². The highest BCUT2D eigenvalue weighted by molar-refractivity contribution is 7.89. The number of aliphatic hydroxyl groups excluding tert-OH is 1. The Labute approximate surface area is 169 Å². The van der Waals surface area contributed by atoms with Crippen LogP contribution in [0.15, 0.2) is 59.8 Å². The van der Waals surface area contributed by atoms with Crippen LogP contribution >= 0.6 is 0 Å². The number of aromatic nitrogens is 1. The van der Waals surface area contributed by atoms with E-state index < -0.39 is 22.2 Å². The molecular formula is C21H24FN3O3S. The van der Waals surface area contributed by atoms with Gasteiger partial charge in [-0.2, -0.15) is 0 Å². The van der Waals surface area contributed by atoms with E-state index in [1.54, 1.807) is 37.5 Å². The number of hydrogen-bond acceptors (Lipinski definition) is 5. The van der Waals surface area contributed by atoms with E-state index in [0.29, 0.717) is 12.1 Å². The van der Waals surface area contributed by atoms with Crippen molar-refractivity contribution in [1.29, 1.82) is 0 Å². The first-order chi connectivity index (χ1) is 13.8. The van der Waals surface area contributed by atoms with Crippen LogP contribution in [0.4, 0.5) is 4.39 Å². The van der Waals surface area contributed by atoms with Gasteiger partial charge in [-0.25, -0.2) is 17.5 Å². The van der Waals surface area contributed by atoms with Crippen LogP contribution in [0.3, 0.4) is 0 Å². The topological polar surface area (TPSA) is 91.3 Å². The summed E-state index contributed by atoms with van der Waals surface area (Å²) in [6.45, 7) is 4.18. The molecule has 0 radical (unpaired) electrons.